The lowest BCUT2D eigenvalue weighted by molar-refractivity contribution is 1.41. The van der Waals surface area contributed by atoms with Crippen LogP contribution in [0.4, 0.5) is 0 Å². The molecule has 128 valence electrons. The normalized spacial score (nSPS) is 11.7. The van der Waals surface area contributed by atoms with Crippen LogP contribution in [0, 0.1) is 0 Å². The molecule has 1 nitrogen and oxygen atoms in total. The Labute approximate surface area is 156 Å². The predicted octanol–water partition coefficient (Wildman–Crippen LogP) is 6.11. The van der Waals surface area contributed by atoms with Crippen molar-refractivity contribution in [1.29, 1.82) is 0 Å². The number of hydrogen-bond acceptors (Lipinski definition) is 1. The molecular weight excluding hydrogens is 330 g/mol. The molecule has 0 unspecified atom stereocenters. The summed E-state index contributed by atoms with van der Waals surface area (Å²) in [5.74, 6) is 0. The molecule has 2 heteroatoms. The topological polar surface area (TPSA) is 12.9 Å². The zero-order chi connectivity index (χ0) is 18.1. The van der Waals surface area contributed by atoms with Gasteiger partial charge in [0.15, 0.2) is 0 Å². The van der Waals surface area contributed by atoms with E-state index in [9.17, 15) is 0 Å². The first-order valence-electron chi connectivity index (χ1n) is 9.07. The maximum Gasteiger partial charge on any atom is 0.0776 e. The number of hydrogen-bond donors (Lipinski definition) is 0. The molecule has 0 N–H and O–H groups in total. The maximum absolute atomic E-state index is 4.58. The number of aromatic nitrogens is 1. The van der Waals surface area contributed by atoms with E-state index in [0.29, 0.717) is 0 Å². The van der Waals surface area contributed by atoms with Crippen molar-refractivity contribution in [1.82, 2.24) is 4.98 Å². The molecule has 1 aromatic heterocycles. The Bertz CT molecular complexity index is 1060. The fourth-order valence-corrected chi connectivity index (χ4v) is 4.43. The molecule has 0 saturated carbocycles. The van der Waals surface area contributed by atoms with Crippen molar-refractivity contribution in [3.63, 3.8) is 0 Å². The molecule has 0 saturated heterocycles. The number of nitrogens with zero attached hydrogens (tertiary/aromatic N) is 1. The average Bonchev–Trinajstić information content (AvgIpc) is 2.67. The van der Waals surface area contributed by atoms with E-state index in [1.54, 1.807) is 0 Å². The second-order valence-electron chi connectivity index (χ2n) is 7.82. The molecular formula is C24H23NSi. The minimum atomic E-state index is -1.30. The Kier molecular flexibility index (Phi) is 4.21. The molecule has 26 heavy (non-hydrogen) atoms. The first kappa shape index (κ1) is 16.7. The van der Waals surface area contributed by atoms with E-state index in [4.69, 9.17) is 0 Å². The minimum absolute atomic E-state index is 1.04. The molecule has 0 aliphatic heterocycles. The summed E-state index contributed by atoms with van der Waals surface area (Å²) in [6, 6.07) is 28.3. The average molecular weight is 354 g/mol. The summed E-state index contributed by atoms with van der Waals surface area (Å²) < 4.78 is 0. The van der Waals surface area contributed by atoms with Crippen molar-refractivity contribution in [2.75, 3.05) is 0 Å². The van der Waals surface area contributed by atoms with Crippen LogP contribution >= 0.6 is 0 Å². The molecule has 0 amide bonds. The van der Waals surface area contributed by atoms with E-state index in [-0.39, 0.29) is 0 Å². The van der Waals surface area contributed by atoms with Crippen LogP contribution in [0.3, 0.4) is 0 Å². The number of rotatable bonds is 3. The lowest BCUT2D eigenvalue weighted by atomic mass is 10.0. The predicted molar refractivity (Wildman–Crippen MR) is 116 cm³/mol. The Balaban J connectivity index is 1.68. The summed E-state index contributed by atoms with van der Waals surface area (Å²) in [6.07, 6.45) is 1.96. The molecule has 3 aromatic carbocycles. The summed E-state index contributed by atoms with van der Waals surface area (Å²) in [5, 5.41) is 2.68. The Morgan fingerprint density at radius 2 is 1.31 bits per heavy atom. The zero-order valence-electron chi connectivity index (χ0n) is 15.5. The van der Waals surface area contributed by atoms with Crippen LogP contribution < -0.4 is 5.19 Å². The van der Waals surface area contributed by atoms with E-state index >= 15 is 0 Å². The number of benzene rings is 3. The number of pyridine rings is 1. The van der Waals surface area contributed by atoms with Gasteiger partial charge in [-0.3, -0.25) is 4.98 Å². The van der Waals surface area contributed by atoms with Gasteiger partial charge < -0.3 is 0 Å². The number of para-hydroxylation sites is 1. The van der Waals surface area contributed by atoms with Crippen LogP contribution in [0.15, 0.2) is 85.1 Å². The molecule has 0 atom stereocenters. The van der Waals surface area contributed by atoms with Gasteiger partial charge in [0.25, 0.3) is 0 Å². The van der Waals surface area contributed by atoms with Gasteiger partial charge in [-0.15, -0.1) is 0 Å². The summed E-state index contributed by atoms with van der Waals surface area (Å²) in [7, 11) is -1.30. The first-order valence-corrected chi connectivity index (χ1v) is 12.6. The van der Waals surface area contributed by atoms with Gasteiger partial charge >= 0.3 is 0 Å². The van der Waals surface area contributed by atoms with Crippen molar-refractivity contribution in [3.8, 4) is 22.3 Å². The zero-order valence-corrected chi connectivity index (χ0v) is 16.5. The molecule has 0 radical (unpaired) electrons. The Morgan fingerprint density at radius 3 is 2.04 bits per heavy atom. The van der Waals surface area contributed by atoms with Gasteiger partial charge in [0.2, 0.25) is 0 Å². The van der Waals surface area contributed by atoms with Gasteiger partial charge in [0, 0.05) is 17.1 Å². The smallest absolute Gasteiger partial charge is 0.0776 e. The van der Waals surface area contributed by atoms with E-state index in [2.05, 4.69) is 91.4 Å². The first-order chi connectivity index (χ1) is 12.5. The van der Waals surface area contributed by atoms with Crippen LogP contribution in [0.5, 0.6) is 0 Å². The van der Waals surface area contributed by atoms with E-state index in [1.807, 2.05) is 18.3 Å². The Morgan fingerprint density at radius 1 is 0.615 bits per heavy atom. The molecule has 0 aliphatic carbocycles. The van der Waals surface area contributed by atoms with Crippen LogP contribution in [0.25, 0.3) is 33.2 Å². The quantitative estimate of drug-likeness (QED) is 0.405. The lowest BCUT2D eigenvalue weighted by Crippen LogP contribution is -2.37. The van der Waals surface area contributed by atoms with Crippen LogP contribution in [0.2, 0.25) is 19.6 Å². The van der Waals surface area contributed by atoms with Crippen LogP contribution in [-0.4, -0.2) is 13.1 Å². The monoisotopic (exact) mass is 353 g/mol. The lowest BCUT2D eigenvalue weighted by Gasteiger charge is -2.17. The summed E-state index contributed by atoms with van der Waals surface area (Å²) in [4.78, 5) is 4.58. The third-order valence-corrected chi connectivity index (χ3v) is 6.91. The second kappa shape index (κ2) is 6.54. The molecule has 1 heterocycles. The van der Waals surface area contributed by atoms with Crippen molar-refractivity contribution < 1.29 is 0 Å². The number of fused-ring (bicyclic) bond motifs is 1. The van der Waals surface area contributed by atoms with Crippen molar-refractivity contribution in [3.05, 3.63) is 85.1 Å². The highest BCUT2D eigenvalue weighted by Gasteiger charge is 2.16. The summed E-state index contributed by atoms with van der Waals surface area (Å²) in [6.45, 7) is 7.17. The molecule has 0 fully saturated rings. The highest BCUT2D eigenvalue weighted by molar-refractivity contribution is 6.88. The van der Waals surface area contributed by atoms with Gasteiger partial charge in [-0.2, -0.15) is 0 Å². The third-order valence-electron chi connectivity index (χ3n) is 4.87. The third kappa shape index (κ3) is 3.33. The standard InChI is InChI=1S/C24H23NSi/c1-26(2,3)23-9-6-8-20(16-23)18-11-13-19(14-12-18)22-15-21-7-4-5-10-24(21)25-17-22/h4-17H,1-3H3. The highest BCUT2D eigenvalue weighted by Crippen LogP contribution is 2.26. The van der Waals surface area contributed by atoms with Crippen molar-refractivity contribution >= 4 is 24.2 Å². The summed E-state index contributed by atoms with van der Waals surface area (Å²) in [5.41, 5.74) is 5.96. The fourth-order valence-electron chi connectivity index (χ4n) is 3.25. The highest BCUT2D eigenvalue weighted by atomic mass is 28.3. The van der Waals surface area contributed by atoms with Crippen LogP contribution in [0.1, 0.15) is 0 Å². The van der Waals surface area contributed by atoms with Gasteiger partial charge in [-0.25, -0.2) is 0 Å². The molecule has 4 aromatic rings. The minimum Gasteiger partial charge on any atom is -0.256 e. The van der Waals surface area contributed by atoms with Crippen LogP contribution in [-0.2, 0) is 0 Å². The second-order valence-corrected chi connectivity index (χ2v) is 12.9. The van der Waals surface area contributed by atoms with Gasteiger partial charge in [0.05, 0.1) is 13.6 Å². The SMILES string of the molecule is C[Si](C)(C)c1cccc(-c2ccc(-c3cnc4ccccc4c3)cc2)c1. The van der Waals surface area contributed by atoms with Crippen molar-refractivity contribution in [2.45, 2.75) is 19.6 Å². The van der Waals surface area contributed by atoms with Gasteiger partial charge in [-0.1, -0.05) is 91.6 Å². The molecule has 0 aliphatic rings. The largest absolute Gasteiger partial charge is 0.256 e. The van der Waals surface area contributed by atoms with E-state index < -0.39 is 8.07 Å². The molecule has 0 spiro atoms. The van der Waals surface area contributed by atoms with E-state index in [1.165, 1.54) is 27.3 Å². The summed E-state index contributed by atoms with van der Waals surface area (Å²) >= 11 is 0. The molecule has 0 bridgehead atoms. The van der Waals surface area contributed by atoms with Gasteiger partial charge in [-0.05, 0) is 28.8 Å². The molecule has 4 rings (SSSR count). The van der Waals surface area contributed by atoms with Crippen molar-refractivity contribution in [2.24, 2.45) is 0 Å². The fraction of sp³-hybridized carbons (Fsp3) is 0.125. The van der Waals surface area contributed by atoms with Gasteiger partial charge in [0.1, 0.15) is 0 Å². The Hall–Kier alpha value is -2.71. The van der Waals surface area contributed by atoms with E-state index in [0.717, 1.165) is 11.1 Å². The maximum atomic E-state index is 4.58.